The first-order valence-electron chi connectivity index (χ1n) is 6.09. The molecule has 0 spiro atoms. The SMILES string of the molecule is OC(Cc1ccc(F)cc1)c1cnn2ccccc12. The van der Waals surface area contributed by atoms with Crippen molar-refractivity contribution in [1.82, 2.24) is 9.61 Å². The van der Waals surface area contributed by atoms with Gasteiger partial charge in [-0.2, -0.15) is 5.10 Å². The van der Waals surface area contributed by atoms with E-state index in [0.717, 1.165) is 16.6 Å². The maximum absolute atomic E-state index is 12.8. The molecule has 1 N–H and O–H groups in total. The molecule has 1 atom stereocenters. The quantitative estimate of drug-likeness (QED) is 0.782. The molecule has 0 aliphatic rings. The number of rotatable bonds is 3. The van der Waals surface area contributed by atoms with Crippen molar-refractivity contribution < 1.29 is 9.50 Å². The summed E-state index contributed by atoms with van der Waals surface area (Å²) in [7, 11) is 0. The van der Waals surface area contributed by atoms with Gasteiger partial charge in [0.2, 0.25) is 0 Å². The number of benzene rings is 1. The second kappa shape index (κ2) is 4.82. The molecule has 0 aliphatic heterocycles. The maximum Gasteiger partial charge on any atom is 0.123 e. The van der Waals surface area contributed by atoms with Crippen molar-refractivity contribution >= 4 is 5.52 Å². The van der Waals surface area contributed by atoms with E-state index in [1.807, 2.05) is 24.4 Å². The van der Waals surface area contributed by atoms with E-state index in [0.29, 0.717) is 6.42 Å². The fraction of sp³-hybridized carbons (Fsp3) is 0.133. The largest absolute Gasteiger partial charge is 0.388 e. The first-order chi connectivity index (χ1) is 9.24. The highest BCUT2D eigenvalue weighted by Gasteiger charge is 2.13. The van der Waals surface area contributed by atoms with E-state index in [1.54, 1.807) is 22.8 Å². The zero-order valence-electron chi connectivity index (χ0n) is 10.2. The molecule has 2 aromatic heterocycles. The summed E-state index contributed by atoms with van der Waals surface area (Å²) >= 11 is 0. The molecule has 3 nitrogen and oxygen atoms in total. The number of nitrogens with zero attached hydrogens (tertiary/aromatic N) is 2. The van der Waals surface area contributed by atoms with Crippen molar-refractivity contribution in [3.05, 3.63) is 71.8 Å². The van der Waals surface area contributed by atoms with Crippen LogP contribution >= 0.6 is 0 Å². The smallest absolute Gasteiger partial charge is 0.123 e. The third-order valence-electron chi connectivity index (χ3n) is 3.16. The van der Waals surface area contributed by atoms with Crippen molar-refractivity contribution in [3.63, 3.8) is 0 Å². The molecule has 96 valence electrons. The Balaban J connectivity index is 1.87. The monoisotopic (exact) mass is 256 g/mol. The summed E-state index contributed by atoms with van der Waals surface area (Å²) in [6, 6.07) is 11.9. The Morgan fingerprint density at radius 1 is 1.16 bits per heavy atom. The van der Waals surface area contributed by atoms with Crippen LogP contribution in [0.25, 0.3) is 5.52 Å². The number of pyridine rings is 1. The Kier molecular flexibility index (Phi) is 3.01. The van der Waals surface area contributed by atoms with Crippen molar-refractivity contribution in [2.75, 3.05) is 0 Å². The standard InChI is InChI=1S/C15H13FN2O/c16-12-6-4-11(5-7-12)9-15(19)13-10-17-18-8-2-1-3-14(13)18/h1-8,10,15,19H,9H2. The summed E-state index contributed by atoms with van der Waals surface area (Å²) < 4.78 is 14.6. The van der Waals surface area contributed by atoms with Gasteiger partial charge in [0.25, 0.3) is 0 Å². The van der Waals surface area contributed by atoms with Gasteiger partial charge in [0.05, 0.1) is 17.8 Å². The fourth-order valence-corrected chi connectivity index (χ4v) is 2.16. The Bertz CT molecular complexity index is 691. The zero-order chi connectivity index (χ0) is 13.2. The molecule has 0 bridgehead atoms. The van der Waals surface area contributed by atoms with Crippen molar-refractivity contribution in [2.24, 2.45) is 0 Å². The average Bonchev–Trinajstić information content (AvgIpc) is 2.85. The summed E-state index contributed by atoms with van der Waals surface area (Å²) in [5.41, 5.74) is 2.56. The van der Waals surface area contributed by atoms with E-state index in [9.17, 15) is 9.50 Å². The first-order valence-corrected chi connectivity index (χ1v) is 6.09. The predicted octanol–water partition coefficient (Wildman–Crippen LogP) is 2.75. The van der Waals surface area contributed by atoms with Crippen LogP contribution in [0, 0.1) is 5.82 Å². The number of fused-ring (bicyclic) bond motifs is 1. The molecule has 0 amide bonds. The van der Waals surface area contributed by atoms with Crippen LogP contribution in [-0.4, -0.2) is 14.7 Å². The zero-order valence-corrected chi connectivity index (χ0v) is 10.2. The average molecular weight is 256 g/mol. The Morgan fingerprint density at radius 3 is 2.74 bits per heavy atom. The Morgan fingerprint density at radius 2 is 1.95 bits per heavy atom. The second-order valence-corrected chi connectivity index (χ2v) is 4.48. The lowest BCUT2D eigenvalue weighted by Gasteiger charge is -2.09. The summed E-state index contributed by atoms with van der Waals surface area (Å²) in [6.07, 6.45) is 3.30. The highest BCUT2D eigenvalue weighted by atomic mass is 19.1. The lowest BCUT2D eigenvalue weighted by Crippen LogP contribution is -2.01. The molecule has 4 heteroatoms. The van der Waals surface area contributed by atoms with Gasteiger partial charge in [0.1, 0.15) is 5.82 Å². The molecular weight excluding hydrogens is 243 g/mol. The predicted molar refractivity (Wildman–Crippen MR) is 70.3 cm³/mol. The van der Waals surface area contributed by atoms with Crippen LogP contribution in [0.5, 0.6) is 0 Å². The van der Waals surface area contributed by atoms with Crippen LogP contribution in [0.15, 0.2) is 54.9 Å². The van der Waals surface area contributed by atoms with E-state index in [2.05, 4.69) is 5.10 Å². The third-order valence-corrected chi connectivity index (χ3v) is 3.16. The van der Waals surface area contributed by atoms with Gasteiger partial charge in [-0.3, -0.25) is 0 Å². The van der Waals surface area contributed by atoms with Gasteiger partial charge >= 0.3 is 0 Å². The molecule has 3 rings (SSSR count). The van der Waals surface area contributed by atoms with Crippen LogP contribution in [0.1, 0.15) is 17.2 Å². The highest BCUT2D eigenvalue weighted by Crippen LogP contribution is 2.22. The minimum atomic E-state index is -0.648. The molecular formula is C15H13FN2O. The second-order valence-electron chi connectivity index (χ2n) is 4.48. The van der Waals surface area contributed by atoms with Gasteiger partial charge < -0.3 is 5.11 Å². The third kappa shape index (κ3) is 2.35. The van der Waals surface area contributed by atoms with Gasteiger partial charge in [-0.05, 0) is 29.8 Å². The lowest BCUT2D eigenvalue weighted by molar-refractivity contribution is 0.180. The summed E-state index contributed by atoms with van der Waals surface area (Å²) in [5.74, 6) is -0.269. The molecule has 0 saturated carbocycles. The summed E-state index contributed by atoms with van der Waals surface area (Å²) in [5, 5.41) is 14.5. The molecule has 1 unspecified atom stereocenters. The van der Waals surface area contributed by atoms with E-state index in [1.165, 1.54) is 12.1 Å². The van der Waals surface area contributed by atoms with Gasteiger partial charge in [0.15, 0.2) is 0 Å². The molecule has 19 heavy (non-hydrogen) atoms. The number of aromatic nitrogens is 2. The summed E-state index contributed by atoms with van der Waals surface area (Å²) in [4.78, 5) is 0. The molecule has 0 aliphatic carbocycles. The van der Waals surface area contributed by atoms with E-state index >= 15 is 0 Å². The number of halogens is 1. The number of aliphatic hydroxyl groups excluding tert-OH is 1. The van der Waals surface area contributed by atoms with E-state index < -0.39 is 6.10 Å². The topological polar surface area (TPSA) is 37.5 Å². The molecule has 0 fully saturated rings. The van der Waals surface area contributed by atoms with E-state index in [4.69, 9.17) is 0 Å². The van der Waals surface area contributed by atoms with Crippen LogP contribution in [0.2, 0.25) is 0 Å². The fourth-order valence-electron chi connectivity index (χ4n) is 2.16. The molecule has 0 saturated heterocycles. The van der Waals surface area contributed by atoms with E-state index in [-0.39, 0.29) is 5.82 Å². The van der Waals surface area contributed by atoms with Crippen molar-refractivity contribution in [3.8, 4) is 0 Å². The lowest BCUT2D eigenvalue weighted by atomic mass is 10.0. The Labute approximate surface area is 109 Å². The van der Waals surface area contributed by atoms with Crippen LogP contribution in [0.3, 0.4) is 0 Å². The van der Waals surface area contributed by atoms with Gasteiger partial charge in [0, 0.05) is 18.2 Å². The normalized spacial score (nSPS) is 12.7. The van der Waals surface area contributed by atoms with Crippen LogP contribution < -0.4 is 0 Å². The van der Waals surface area contributed by atoms with Gasteiger partial charge in [-0.15, -0.1) is 0 Å². The van der Waals surface area contributed by atoms with Gasteiger partial charge in [-0.25, -0.2) is 8.91 Å². The molecule has 3 aromatic rings. The number of hydrogen-bond donors (Lipinski definition) is 1. The minimum Gasteiger partial charge on any atom is -0.388 e. The molecule has 2 heterocycles. The van der Waals surface area contributed by atoms with Crippen molar-refractivity contribution in [1.29, 1.82) is 0 Å². The van der Waals surface area contributed by atoms with Gasteiger partial charge in [-0.1, -0.05) is 18.2 Å². The molecule has 0 radical (unpaired) electrons. The highest BCUT2D eigenvalue weighted by molar-refractivity contribution is 5.54. The summed E-state index contributed by atoms with van der Waals surface area (Å²) in [6.45, 7) is 0. The first kappa shape index (κ1) is 11.9. The number of aliphatic hydroxyl groups is 1. The van der Waals surface area contributed by atoms with Crippen molar-refractivity contribution in [2.45, 2.75) is 12.5 Å². The maximum atomic E-state index is 12.8. The van der Waals surface area contributed by atoms with Crippen LogP contribution in [-0.2, 0) is 6.42 Å². The number of hydrogen-bond acceptors (Lipinski definition) is 2. The molecule has 1 aromatic carbocycles. The Hall–Kier alpha value is -2.20. The minimum absolute atomic E-state index is 0.269. The van der Waals surface area contributed by atoms with Crippen LogP contribution in [0.4, 0.5) is 4.39 Å².